The van der Waals surface area contributed by atoms with Crippen molar-refractivity contribution in [3.8, 4) is 16.9 Å². The molecular weight excluding hydrogens is 272 g/mol. The van der Waals surface area contributed by atoms with Crippen LogP contribution in [0.15, 0.2) is 48.5 Å². The first-order chi connectivity index (χ1) is 9.65. The number of rotatable bonds is 2. The lowest BCUT2D eigenvalue weighted by Gasteiger charge is -2.04. The lowest BCUT2D eigenvalue weighted by atomic mass is 10.1. The third-order valence-corrected chi connectivity index (χ3v) is 3.32. The minimum absolute atomic E-state index is 0.512. The lowest BCUT2D eigenvalue weighted by Crippen LogP contribution is -2.02. The van der Waals surface area contributed by atoms with Crippen molar-refractivity contribution in [2.45, 2.75) is 6.92 Å². The average Bonchev–Trinajstić information content (AvgIpc) is 2.82. The summed E-state index contributed by atoms with van der Waals surface area (Å²) in [6, 6.07) is 15.3. The summed E-state index contributed by atoms with van der Waals surface area (Å²) in [5, 5.41) is 8.98. The van der Waals surface area contributed by atoms with E-state index in [1.165, 1.54) is 0 Å². The highest BCUT2D eigenvalue weighted by molar-refractivity contribution is 6.30. The molecule has 0 saturated carbocycles. The summed E-state index contributed by atoms with van der Waals surface area (Å²) in [4.78, 5) is 0. The predicted octanol–water partition coefficient (Wildman–Crippen LogP) is 3.48. The van der Waals surface area contributed by atoms with Gasteiger partial charge in [0, 0.05) is 10.6 Å². The Labute approximate surface area is 121 Å². The molecule has 3 rings (SSSR count). The van der Waals surface area contributed by atoms with Crippen molar-refractivity contribution in [2.75, 3.05) is 5.73 Å². The fourth-order valence-electron chi connectivity index (χ4n) is 2.05. The number of nitrogens with zero attached hydrogens (tertiary/aromatic N) is 3. The molecule has 20 heavy (non-hydrogen) atoms. The molecule has 0 amide bonds. The van der Waals surface area contributed by atoms with Gasteiger partial charge in [0.2, 0.25) is 0 Å². The van der Waals surface area contributed by atoms with Crippen LogP contribution in [0.2, 0.25) is 5.02 Å². The third kappa shape index (κ3) is 2.26. The fraction of sp³-hybridized carbons (Fsp3) is 0.0667. The van der Waals surface area contributed by atoms with E-state index in [4.69, 9.17) is 17.3 Å². The maximum atomic E-state index is 6.16. The van der Waals surface area contributed by atoms with Crippen LogP contribution in [0.3, 0.4) is 0 Å². The number of nitrogens with two attached hydrogens (primary N) is 1. The fourth-order valence-corrected chi connectivity index (χ4v) is 2.18. The summed E-state index contributed by atoms with van der Waals surface area (Å²) in [5.74, 6) is 0.512. The van der Waals surface area contributed by atoms with Crippen molar-refractivity contribution in [2.24, 2.45) is 0 Å². The molecule has 0 aliphatic carbocycles. The number of hydrogen-bond donors (Lipinski definition) is 1. The van der Waals surface area contributed by atoms with Gasteiger partial charge in [0.05, 0.1) is 5.69 Å². The maximum Gasteiger partial charge on any atom is 0.155 e. The number of halogens is 1. The van der Waals surface area contributed by atoms with Crippen molar-refractivity contribution in [1.82, 2.24) is 15.0 Å². The van der Waals surface area contributed by atoms with Gasteiger partial charge in [-0.1, -0.05) is 41.1 Å². The van der Waals surface area contributed by atoms with Gasteiger partial charge in [-0.3, -0.25) is 0 Å². The number of anilines is 1. The second-order valence-electron chi connectivity index (χ2n) is 4.58. The van der Waals surface area contributed by atoms with Crippen LogP contribution in [0, 0.1) is 6.92 Å². The van der Waals surface area contributed by atoms with Gasteiger partial charge in [-0.15, -0.1) is 5.10 Å². The summed E-state index contributed by atoms with van der Waals surface area (Å²) in [6.07, 6.45) is 0. The number of nitrogen functional groups attached to an aromatic ring is 1. The Bertz CT molecular complexity index is 747. The van der Waals surface area contributed by atoms with Crippen LogP contribution < -0.4 is 5.73 Å². The molecule has 2 aromatic carbocycles. The summed E-state index contributed by atoms with van der Waals surface area (Å²) in [6.45, 7) is 2.02. The predicted molar refractivity (Wildman–Crippen MR) is 81.0 cm³/mol. The Morgan fingerprint density at radius 3 is 2.55 bits per heavy atom. The molecule has 4 nitrogen and oxygen atoms in total. The van der Waals surface area contributed by atoms with E-state index in [9.17, 15) is 0 Å². The van der Waals surface area contributed by atoms with Crippen LogP contribution in [0.1, 0.15) is 5.56 Å². The van der Waals surface area contributed by atoms with Crippen LogP contribution >= 0.6 is 11.6 Å². The zero-order valence-corrected chi connectivity index (χ0v) is 11.7. The first-order valence-electron chi connectivity index (χ1n) is 6.19. The van der Waals surface area contributed by atoms with Crippen LogP contribution in [0.5, 0.6) is 0 Å². The molecule has 1 heterocycles. The molecular formula is C15H13ClN4. The second-order valence-corrected chi connectivity index (χ2v) is 5.02. The summed E-state index contributed by atoms with van der Waals surface area (Å²) < 4.78 is 1.64. The number of hydrogen-bond acceptors (Lipinski definition) is 3. The van der Waals surface area contributed by atoms with E-state index in [0.717, 1.165) is 16.8 Å². The SMILES string of the molecule is Cc1cccc(-n2nnc(-c3ccc(Cl)cc3)c2N)c1. The van der Waals surface area contributed by atoms with E-state index in [0.29, 0.717) is 16.5 Å². The zero-order chi connectivity index (χ0) is 14.1. The van der Waals surface area contributed by atoms with E-state index in [1.807, 2.05) is 55.5 Å². The molecule has 5 heteroatoms. The van der Waals surface area contributed by atoms with Crippen molar-refractivity contribution in [1.29, 1.82) is 0 Å². The van der Waals surface area contributed by atoms with Gasteiger partial charge in [-0.2, -0.15) is 4.68 Å². The van der Waals surface area contributed by atoms with Gasteiger partial charge in [-0.05, 0) is 36.8 Å². The topological polar surface area (TPSA) is 56.7 Å². The molecule has 0 atom stereocenters. The average molecular weight is 285 g/mol. The van der Waals surface area contributed by atoms with Crippen LogP contribution in [-0.2, 0) is 0 Å². The minimum Gasteiger partial charge on any atom is -0.382 e. The van der Waals surface area contributed by atoms with Crippen LogP contribution in [-0.4, -0.2) is 15.0 Å². The molecule has 0 fully saturated rings. The van der Waals surface area contributed by atoms with Crippen molar-refractivity contribution >= 4 is 17.4 Å². The standard InChI is InChI=1S/C15H13ClN4/c1-10-3-2-4-13(9-10)20-15(17)14(18-19-20)11-5-7-12(16)8-6-11/h2-9H,17H2,1H3. The molecule has 0 bridgehead atoms. The lowest BCUT2D eigenvalue weighted by molar-refractivity contribution is 0.810. The number of aryl methyl sites for hydroxylation is 1. The minimum atomic E-state index is 0.512. The molecule has 0 unspecified atom stereocenters. The van der Waals surface area contributed by atoms with Crippen LogP contribution in [0.25, 0.3) is 16.9 Å². The molecule has 0 saturated heterocycles. The van der Waals surface area contributed by atoms with Crippen molar-refractivity contribution < 1.29 is 0 Å². The quantitative estimate of drug-likeness (QED) is 0.784. The van der Waals surface area contributed by atoms with Gasteiger partial charge in [0.1, 0.15) is 5.69 Å². The Morgan fingerprint density at radius 2 is 1.85 bits per heavy atom. The first kappa shape index (κ1) is 12.7. The Morgan fingerprint density at radius 1 is 1.10 bits per heavy atom. The highest BCUT2D eigenvalue weighted by atomic mass is 35.5. The normalized spacial score (nSPS) is 10.7. The van der Waals surface area contributed by atoms with E-state index in [2.05, 4.69) is 10.3 Å². The third-order valence-electron chi connectivity index (χ3n) is 3.07. The second kappa shape index (κ2) is 4.98. The summed E-state index contributed by atoms with van der Waals surface area (Å²) >= 11 is 5.88. The monoisotopic (exact) mass is 284 g/mol. The van der Waals surface area contributed by atoms with E-state index in [-0.39, 0.29) is 0 Å². The number of benzene rings is 2. The molecule has 0 aliphatic rings. The van der Waals surface area contributed by atoms with Crippen molar-refractivity contribution in [3.63, 3.8) is 0 Å². The molecule has 0 spiro atoms. The largest absolute Gasteiger partial charge is 0.382 e. The Balaban J connectivity index is 2.07. The molecule has 0 aliphatic heterocycles. The first-order valence-corrected chi connectivity index (χ1v) is 6.57. The highest BCUT2D eigenvalue weighted by Crippen LogP contribution is 2.26. The van der Waals surface area contributed by atoms with Gasteiger partial charge >= 0.3 is 0 Å². The summed E-state index contributed by atoms with van der Waals surface area (Å²) in [7, 11) is 0. The van der Waals surface area contributed by atoms with E-state index < -0.39 is 0 Å². The molecule has 3 aromatic rings. The smallest absolute Gasteiger partial charge is 0.155 e. The Hall–Kier alpha value is -2.33. The molecule has 1 aromatic heterocycles. The van der Waals surface area contributed by atoms with E-state index in [1.54, 1.807) is 4.68 Å². The summed E-state index contributed by atoms with van der Waals surface area (Å²) in [5.41, 5.74) is 9.75. The van der Waals surface area contributed by atoms with E-state index >= 15 is 0 Å². The van der Waals surface area contributed by atoms with Crippen LogP contribution in [0.4, 0.5) is 5.82 Å². The Kier molecular flexibility index (Phi) is 3.16. The zero-order valence-electron chi connectivity index (χ0n) is 10.9. The van der Waals surface area contributed by atoms with Gasteiger partial charge in [0.15, 0.2) is 5.82 Å². The van der Waals surface area contributed by atoms with Gasteiger partial charge < -0.3 is 5.73 Å². The molecule has 100 valence electrons. The molecule has 2 N–H and O–H groups in total. The van der Waals surface area contributed by atoms with Gasteiger partial charge in [-0.25, -0.2) is 0 Å². The van der Waals surface area contributed by atoms with Crippen molar-refractivity contribution in [3.05, 3.63) is 59.1 Å². The van der Waals surface area contributed by atoms with Gasteiger partial charge in [0.25, 0.3) is 0 Å². The molecule has 0 radical (unpaired) electrons. The number of aromatic nitrogens is 3. The highest BCUT2D eigenvalue weighted by Gasteiger charge is 2.12. The maximum absolute atomic E-state index is 6.16.